The standard InChI is InChI=1S/C19H24N2O4S/c1-3-15(2)16-4-6-18(7-5-16)26(23,24)21-11-9-20(10-12-21)19(22)17-8-13-25-14-17/h4-8,13-15H,3,9-12H2,1-2H3/t15-/m1/s1. The van der Waals surface area contributed by atoms with Crippen LogP contribution in [0.5, 0.6) is 0 Å². The van der Waals surface area contributed by atoms with Gasteiger partial charge in [-0.1, -0.05) is 26.0 Å². The third-order valence-corrected chi connectivity index (χ3v) is 6.91. The molecule has 140 valence electrons. The van der Waals surface area contributed by atoms with Crippen LogP contribution in [0.4, 0.5) is 0 Å². The van der Waals surface area contributed by atoms with E-state index in [4.69, 9.17) is 4.42 Å². The Balaban J connectivity index is 1.67. The van der Waals surface area contributed by atoms with Crippen LogP contribution in [-0.4, -0.2) is 49.7 Å². The van der Waals surface area contributed by atoms with Gasteiger partial charge in [0.15, 0.2) is 0 Å². The van der Waals surface area contributed by atoms with Gasteiger partial charge in [-0.05, 0) is 36.1 Å². The van der Waals surface area contributed by atoms with Gasteiger partial charge < -0.3 is 9.32 Å². The zero-order valence-electron chi connectivity index (χ0n) is 15.1. The first-order valence-electron chi connectivity index (χ1n) is 8.85. The first-order valence-corrected chi connectivity index (χ1v) is 10.3. The Bertz CT molecular complexity index is 836. The molecule has 1 atom stereocenters. The van der Waals surface area contributed by atoms with Gasteiger partial charge in [0.2, 0.25) is 10.0 Å². The summed E-state index contributed by atoms with van der Waals surface area (Å²) < 4.78 is 32.1. The number of hydrogen-bond acceptors (Lipinski definition) is 4. The second kappa shape index (κ2) is 7.63. The zero-order valence-corrected chi connectivity index (χ0v) is 15.9. The molecule has 3 rings (SSSR count). The average molecular weight is 376 g/mol. The van der Waals surface area contributed by atoms with Gasteiger partial charge in [0.25, 0.3) is 5.91 Å². The van der Waals surface area contributed by atoms with Gasteiger partial charge in [0.05, 0.1) is 16.7 Å². The number of hydrogen-bond donors (Lipinski definition) is 0. The number of piperazine rings is 1. The Morgan fingerprint density at radius 2 is 1.77 bits per heavy atom. The van der Waals surface area contributed by atoms with Crippen molar-refractivity contribution in [2.75, 3.05) is 26.2 Å². The highest BCUT2D eigenvalue weighted by Gasteiger charge is 2.30. The summed E-state index contributed by atoms with van der Waals surface area (Å²) in [6.45, 7) is 5.56. The van der Waals surface area contributed by atoms with Gasteiger partial charge in [-0.2, -0.15) is 4.31 Å². The van der Waals surface area contributed by atoms with Crippen LogP contribution in [0.1, 0.15) is 42.1 Å². The van der Waals surface area contributed by atoms with Crippen molar-refractivity contribution >= 4 is 15.9 Å². The summed E-state index contributed by atoms with van der Waals surface area (Å²) >= 11 is 0. The van der Waals surface area contributed by atoms with Crippen LogP contribution in [0, 0.1) is 0 Å². The molecule has 0 spiro atoms. The number of rotatable bonds is 5. The first-order chi connectivity index (χ1) is 12.4. The number of benzene rings is 1. The molecule has 1 fully saturated rings. The molecule has 7 heteroatoms. The van der Waals surface area contributed by atoms with E-state index in [0.29, 0.717) is 42.6 Å². The van der Waals surface area contributed by atoms with Gasteiger partial charge in [0, 0.05) is 26.2 Å². The van der Waals surface area contributed by atoms with Crippen LogP contribution in [0.15, 0.2) is 52.2 Å². The number of carbonyl (C=O) groups excluding carboxylic acids is 1. The average Bonchev–Trinajstić information content (AvgIpc) is 3.21. The molecule has 0 N–H and O–H groups in total. The fourth-order valence-electron chi connectivity index (χ4n) is 3.05. The van der Waals surface area contributed by atoms with E-state index in [9.17, 15) is 13.2 Å². The number of furan rings is 1. The van der Waals surface area contributed by atoms with Crippen molar-refractivity contribution in [3.63, 3.8) is 0 Å². The minimum atomic E-state index is -3.54. The molecule has 0 bridgehead atoms. The molecular formula is C19H24N2O4S. The van der Waals surface area contributed by atoms with Crippen LogP contribution in [0.3, 0.4) is 0 Å². The molecule has 0 saturated carbocycles. The minimum Gasteiger partial charge on any atom is -0.472 e. The van der Waals surface area contributed by atoms with Crippen LogP contribution in [0.2, 0.25) is 0 Å². The van der Waals surface area contributed by atoms with E-state index >= 15 is 0 Å². The third kappa shape index (κ3) is 3.68. The molecule has 2 heterocycles. The van der Waals surface area contributed by atoms with Gasteiger partial charge in [-0.3, -0.25) is 4.79 Å². The quantitative estimate of drug-likeness (QED) is 0.804. The number of nitrogens with zero attached hydrogens (tertiary/aromatic N) is 2. The second-order valence-electron chi connectivity index (χ2n) is 6.59. The topological polar surface area (TPSA) is 70.8 Å². The predicted octanol–water partition coefficient (Wildman–Crippen LogP) is 2.94. The van der Waals surface area contributed by atoms with Crippen molar-refractivity contribution in [2.24, 2.45) is 0 Å². The lowest BCUT2D eigenvalue weighted by Crippen LogP contribution is -2.50. The highest BCUT2D eigenvalue weighted by molar-refractivity contribution is 7.89. The molecule has 1 saturated heterocycles. The summed E-state index contributed by atoms with van der Waals surface area (Å²) in [7, 11) is -3.54. The second-order valence-corrected chi connectivity index (χ2v) is 8.52. The molecule has 1 aliphatic heterocycles. The summed E-state index contributed by atoms with van der Waals surface area (Å²) in [4.78, 5) is 14.3. The molecular weight excluding hydrogens is 352 g/mol. The maximum Gasteiger partial charge on any atom is 0.257 e. The maximum absolute atomic E-state index is 12.9. The van der Waals surface area contributed by atoms with Crippen molar-refractivity contribution in [2.45, 2.75) is 31.1 Å². The van der Waals surface area contributed by atoms with E-state index in [2.05, 4.69) is 13.8 Å². The molecule has 1 aromatic heterocycles. The number of sulfonamides is 1. The lowest BCUT2D eigenvalue weighted by molar-refractivity contribution is 0.0697. The van der Waals surface area contributed by atoms with E-state index < -0.39 is 10.0 Å². The zero-order chi connectivity index (χ0) is 18.7. The normalized spacial score (nSPS) is 17.2. The summed E-state index contributed by atoms with van der Waals surface area (Å²) in [5.41, 5.74) is 1.63. The van der Waals surface area contributed by atoms with E-state index in [1.165, 1.54) is 16.8 Å². The molecule has 26 heavy (non-hydrogen) atoms. The smallest absolute Gasteiger partial charge is 0.257 e. The Morgan fingerprint density at radius 1 is 1.12 bits per heavy atom. The van der Waals surface area contributed by atoms with Crippen molar-refractivity contribution < 1.29 is 17.6 Å². The van der Waals surface area contributed by atoms with Gasteiger partial charge in [-0.25, -0.2) is 8.42 Å². The van der Waals surface area contributed by atoms with Crippen LogP contribution < -0.4 is 0 Å². The van der Waals surface area contributed by atoms with Crippen molar-refractivity contribution in [3.05, 3.63) is 54.0 Å². The molecule has 1 aromatic carbocycles. The third-order valence-electron chi connectivity index (χ3n) is 4.99. The summed E-state index contributed by atoms with van der Waals surface area (Å²) in [5, 5.41) is 0. The highest BCUT2D eigenvalue weighted by Crippen LogP contribution is 2.23. The molecule has 1 aliphatic rings. The Morgan fingerprint density at radius 3 is 2.31 bits per heavy atom. The van der Waals surface area contributed by atoms with Crippen molar-refractivity contribution in [1.82, 2.24) is 9.21 Å². The fraction of sp³-hybridized carbons (Fsp3) is 0.421. The van der Waals surface area contributed by atoms with E-state index in [-0.39, 0.29) is 5.91 Å². The van der Waals surface area contributed by atoms with Crippen molar-refractivity contribution in [1.29, 1.82) is 0 Å². The van der Waals surface area contributed by atoms with E-state index in [0.717, 1.165) is 12.0 Å². The monoisotopic (exact) mass is 376 g/mol. The van der Waals surface area contributed by atoms with Gasteiger partial charge in [0.1, 0.15) is 6.26 Å². The van der Waals surface area contributed by atoms with Crippen molar-refractivity contribution in [3.8, 4) is 0 Å². The summed E-state index contributed by atoms with van der Waals surface area (Å²) in [5.74, 6) is 0.276. The summed E-state index contributed by atoms with van der Waals surface area (Å²) in [6, 6.07) is 8.75. The van der Waals surface area contributed by atoms with Crippen LogP contribution in [0.25, 0.3) is 0 Å². The molecule has 0 aliphatic carbocycles. The van der Waals surface area contributed by atoms with Gasteiger partial charge >= 0.3 is 0 Å². The minimum absolute atomic E-state index is 0.131. The first kappa shape index (κ1) is 18.7. The number of amides is 1. The highest BCUT2D eigenvalue weighted by atomic mass is 32.2. The van der Waals surface area contributed by atoms with E-state index in [1.54, 1.807) is 23.1 Å². The Hall–Kier alpha value is -2.12. The fourth-order valence-corrected chi connectivity index (χ4v) is 4.48. The van der Waals surface area contributed by atoms with E-state index in [1.807, 2.05) is 12.1 Å². The predicted molar refractivity (Wildman–Crippen MR) is 98.5 cm³/mol. The van der Waals surface area contributed by atoms with Gasteiger partial charge in [-0.15, -0.1) is 0 Å². The van der Waals surface area contributed by atoms with Crippen LogP contribution >= 0.6 is 0 Å². The lowest BCUT2D eigenvalue weighted by Gasteiger charge is -2.33. The molecule has 0 radical (unpaired) electrons. The molecule has 6 nitrogen and oxygen atoms in total. The molecule has 0 unspecified atom stereocenters. The molecule has 1 amide bonds. The Kier molecular flexibility index (Phi) is 5.48. The SMILES string of the molecule is CC[C@@H](C)c1ccc(S(=O)(=O)N2CCN(C(=O)c3ccoc3)CC2)cc1. The Labute approximate surface area is 154 Å². The lowest BCUT2D eigenvalue weighted by atomic mass is 9.99. The maximum atomic E-state index is 12.9. The molecule has 2 aromatic rings. The van der Waals surface area contributed by atoms with Crippen LogP contribution in [-0.2, 0) is 10.0 Å². The largest absolute Gasteiger partial charge is 0.472 e. The number of carbonyl (C=O) groups is 1. The summed E-state index contributed by atoms with van der Waals surface area (Å²) in [6.07, 6.45) is 3.88.